The van der Waals surface area contributed by atoms with Crippen molar-refractivity contribution in [1.82, 2.24) is 19.9 Å². The molecule has 0 atom stereocenters. The van der Waals surface area contributed by atoms with E-state index in [2.05, 4.69) is 14.8 Å². The number of hydrogen-bond acceptors (Lipinski definition) is 8. The number of morpholine rings is 1. The van der Waals surface area contributed by atoms with Gasteiger partial charge >= 0.3 is 0 Å². The van der Waals surface area contributed by atoms with Crippen LogP contribution in [-0.4, -0.2) is 78.3 Å². The van der Waals surface area contributed by atoms with Crippen molar-refractivity contribution in [3.8, 4) is 17.6 Å². The van der Waals surface area contributed by atoms with E-state index >= 15 is 0 Å². The lowest BCUT2D eigenvalue weighted by Crippen LogP contribution is -2.51. The van der Waals surface area contributed by atoms with Crippen LogP contribution in [0.15, 0.2) is 35.3 Å². The second-order valence-corrected chi connectivity index (χ2v) is 6.77. The summed E-state index contributed by atoms with van der Waals surface area (Å²) < 4.78 is 5.46. The van der Waals surface area contributed by atoms with Gasteiger partial charge in [-0.25, -0.2) is 0 Å². The summed E-state index contributed by atoms with van der Waals surface area (Å²) in [7, 11) is 0. The van der Waals surface area contributed by atoms with E-state index in [9.17, 15) is 0 Å². The standard InChI is InChI=1S/C19H23N9O/c20-14-22-17(21)26-6-8-27(9-7-26)18-23-16(15-4-2-1-3-5-15)24-19(25-18)28-10-12-29-13-11-28/h1-5H,6-13H2,(H2,21,22). The molecule has 29 heavy (non-hydrogen) atoms. The van der Waals surface area contributed by atoms with Crippen LogP contribution >= 0.6 is 0 Å². The number of guanidine groups is 1. The fourth-order valence-corrected chi connectivity index (χ4v) is 3.37. The third-order valence-electron chi connectivity index (χ3n) is 4.99. The number of nitrogens with zero attached hydrogens (tertiary/aromatic N) is 8. The first kappa shape index (κ1) is 18.9. The van der Waals surface area contributed by atoms with Crippen molar-refractivity contribution in [2.24, 2.45) is 10.7 Å². The highest BCUT2D eigenvalue weighted by atomic mass is 16.5. The Morgan fingerprint density at radius 3 is 2.17 bits per heavy atom. The van der Waals surface area contributed by atoms with Crippen LogP contribution in [0.25, 0.3) is 11.4 Å². The van der Waals surface area contributed by atoms with E-state index in [-0.39, 0.29) is 5.96 Å². The smallest absolute Gasteiger partial charge is 0.230 e. The van der Waals surface area contributed by atoms with Crippen molar-refractivity contribution in [2.45, 2.75) is 0 Å². The Morgan fingerprint density at radius 2 is 1.55 bits per heavy atom. The Labute approximate surface area is 169 Å². The zero-order valence-electron chi connectivity index (χ0n) is 16.1. The van der Waals surface area contributed by atoms with Crippen LogP contribution in [0.3, 0.4) is 0 Å². The molecule has 0 amide bonds. The Kier molecular flexibility index (Phi) is 5.67. The molecule has 0 saturated carbocycles. The molecular formula is C19H23N9O. The molecule has 0 bridgehead atoms. The number of benzene rings is 1. The monoisotopic (exact) mass is 393 g/mol. The van der Waals surface area contributed by atoms with Gasteiger partial charge in [-0.2, -0.15) is 20.2 Å². The molecule has 1 aromatic carbocycles. The molecular weight excluding hydrogens is 370 g/mol. The van der Waals surface area contributed by atoms with Crippen LogP contribution < -0.4 is 15.5 Å². The summed E-state index contributed by atoms with van der Waals surface area (Å²) in [6.45, 7) is 5.51. The Morgan fingerprint density at radius 1 is 0.931 bits per heavy atom. The van der Waals surface area contributed by atoms with Gasteiger partial charge in [0.1, 0.15) is 0 Å². The van der Waals surface area contributed by atoms with Gasteiger partial charge in [-0.15, -0.1) is 4.99 Å². The van der Waals surface area contributed by atoms with Gasteiger partial charge in [-0.3, -0.25) is 0 Å². The lowest BCUT2D eigenvalue weighted by Gasteiger charge is -2.35. The van der Waals surface area contributed by atoms with Crippen molar-refractivity contribution >= 4 is 17.9 Å². The molecule has 10 heteroatoms. The molecule has 2 aromatic rings. The molecule has 2 N–H and O–H groups in total. The molecule has 2 aliphatic rings. The number of anilines is 2. The minimum atomic E-state index is 0.252. The average molecular weight is 393 g/mol. The zero-order chi connectivity index (χ0) is 20.1. The second-order valence-electron chi connectivity index (χ2n) is 6.77. The largest absolute Gasteiger partial charge is 0.378 e. The summed E-state index contributed by atoms with van der Waals surface area (Å²) in [5, 5.41) is 8.70. The highest BCUT2D eigenvalue weighted by Gasteiger charge is 2.23. The van der Waals surface area contributed by atoms with Gasteiger partial charge in [0.05, 0.1) is 13.2 Å². The van der Waals surface area contributed by atoms with Crippen molar-refractivity contribution in [3.63, 3.8) is 0 Å². The van der Waals surface area contributed by atoms with E-state index in [4.69, 9.17) is 30.7 Å². The minimum Gasteiger partial charge on any atom is -0.378 e. The fourth-order valence-electron chi connectivity index (χ4n) is 3.37. The highest BCUT2D eigenvalue weighted by molar-refractivity contribution is 5.79. The fraction of sp³-hybridized carbons (Fsp3) is 0.421. The van der Waals surface area contributed by atoms with Crippen molar-refractivity contribution in [3.05, 3.63) is 30.3 Å². The lowest BCUT2D eigenvalue weighted by molar-refractivity contribution is 0.122. The Hall–Kier alpha value is -3.45. The topological polar surface area (TPSA) is 120 Å². The summed E-state index contributed by atoms with van der Waals surface area (Å²) in [6, 6.07) is 9.92. The van der Waals surface area contributed by atoms with Crippen LogP contribution in [0.2, 0.25) is 0 Å². The molecule has 150 valence electrons. The second kappa shape index (κ2) is 8.70. The molecule has 1 aromatic heterocycles. The molecule has 0 unspecified atom stereocenters. The summed E-state index contributed by atoms with van der Waals surface area (Å²) >= 11 is 0. The maximum absolute atomic E-state index is 8.70. The van der Waals surface area contributed by atoms with E-state index < -0.39 is 0 Å². The van der Waals surface area contributed by atoms with E-state index in [1.807, 2.05) is 35.2 Å². The Balaban J connectivity index is 1.61. The van der Waals surface area contributed by atoms with Gasteiger partial charge in [0.25, 0.3) is 0 Å². The van der Waals surface area contributed by atoms with E-state index in [1.54, 1.807) is 6.19 Å². The average Bonchev–Trinajstić information content (AvgIpc) is 2.80. The number of piperazine rings is 1. The molecule has 10 nitrogen and oxygen atoms in total. The third-order valence-corrected chi connectivity index (χ3v) is 4.99. The van der Waals surface area contributed by atoms with E-state index in [1.165, 1.54) is 0 Å². The molecule has 4 rings (SSSR count). The van der Waals surface area contributed by atoms with Gasteiger partial charge < -0.3 is 25.2 Å². The van der Waals surface area contributed by atoms with Crippen molar-refractivity contribution < 1.29 is 4.74 Å². The van der Waals surface area contributed by atoms with Crippen LogP contribution in [0.4, 0.5) is 11.9 Å². The van der Waals surface area contributed by atoms with E-state index in [0.717, 1.165) is 18.7 Å². The summed E-state index contributed by atoms with van der Waals surface area (Å²) in [6.07, 6.45) is 1.74. The normalized spacial score (nSPS) is 17.9. The predicted molar refractivity (Wildman–Crippen MR) is 109 cm³/mol. The van der Waals surface area contributed by atoms with Gasteiger partial charge in [0, 0.05) is 44.8 Å². The number of ether oxygens (including phenoxy) is 1. The van der Waals surface area contributed by atoms with Crippen LogP contribution in [0.1, 0.15) is 0 Å². The quantitative estimate of drug-likeness (QED) is 0.446. The number of nitrogens with two attached hydrogens (primary N) is 1. The summed E-state index contributed by atoms with van der Waals surface area (Å²) in [5.74, 6) is 2.23. The van der Waals surface area contributed by atoms with E-state index in [0.29, 0.717) is 57.1 Å². The maximum Gasteiger partial charge on any atom is 0.230 e. The van der Waals surface area contributed by atoms with Gasteiger partial charge in [0.2, 0.25) is 24.0 Å². The first-order valence-electron chi connectivity index (χ1n) is 9.61. The first-order chi connectivity index (χ1) is 14.2. The van der Waals surface area contributed by atoms with Gasteiger partial charge in [-0.05, 0) is 0 Å². The maximum atomic E-state index is 8.70. The van der Waals surface area contributed by atoms with Crippen LogP contribution in [0, 0.1) is 11.5 Å². The molecule has 2 saturated heterocycles. The third kappa shape index (κ3) is 4.35. The molecule has 2 fully saturated rings. The molecule has 0 radical (unpaired) electrons. The van der Waals surface area contributed by atoms with Gasteiger partial charge in [-0.1, -0.05) is 30.3 Å². The van der Waals surface area contributed by atoms with Gasteiger partial charge in [0.15, 0.2) is 5.82 Å². The molecule has 0 spiro atoms. The number of hydrogen-bond donors (Lipinski definition) is 1. The number of aromatic nitrogens is 3. The highest BCUT2D eigenvalue weighted by Crippen LogP contribution is 2.22. The Bertz CT molecular complexity index is 898. The number of rotatable bonds is 3. The molecule has 2 aliphatic heterocycles. The zero-order valence-corrected chi connectivity index (χ0v) is 16.1. The number of nitriles is 1. The van der Waals surface area contributed by atoms with Crippen molar-refractivity contribution in [2.75, 3.05) is 62.3 Å². The SMILES string of the molecule is N#CN=C(N)N1CCN(c2nc(-c3ccccc3)nc(N3CCOCC3)n2)CC1. The summed E-state index contributed by atoms with van der Waals surface area (Å²) in [5.41, 5.74) is 6.79. The first-order valence-corrected chi connectivity index (χ1v) is 9.61. The van der Waals surface area contributed by atoms with Crippen LogP contribution in [0.5, 0.6) is 0 Å². The lowest BCUT2D eigenvalue weighted by atomic mass is 10.2. The predicted octanol–water partition coefficient (Wildman–Crippen LogP) is 0.293. The van der Waals surface area contributed by atoms with Crippen molar-refractivity contribution in [1.29, 1.82) is 5.26 Å². The summed E-state index contributed by atoms with van der Waals surface area (Å²) in [4.78, 5) is 24.0. The number of aliphatic imine (C=N–C) groups is 1. The minimum absolute atomic E-state index is 0.252. The molecule has 0 aliphatic carbocycles. The molecule has 3 heterocycles. The van der Waals surface area contributed by atoms with Crippen LogP contribution in [-0.2, 0) is 4.74 Å².